The Morgan fingerprint density at radius 2 is 2.57 bits per heavy atom. The number of hydrogen-bond donors (Lipinski definition) is 1. The first-order valence-corrected chi connectivity index (χ1v) is 2.87. The molecular formula is C6H11O. The monoisotopic (exact) mass is 99.1 g/mol. The van der Waals surface area contributed by atoms with Gasteiger partial charge in [0.05, 0.1) is 6.10 Å². The molecule has 0 spiro atoms. The molecule has 1 fully saturated rings. The summed E-state index contributed by atoms with van der Waals surface area (Å²) in [6.07, 6.45) is 3.20. The molecule has 0 aromatic heterocycles. The lowest BCUT2D eigenvalue weighted by atomic mass is 9.80. The molecule has 0 bridgehead atoms. The summed E-state index contributed by atoms with van der Waals surface area (Å²) >= 11 is 0. The summed E-state index contributed by atoms with van der Waals surface area (Å²) < 4.78 is 0. The van der Waals surface area contributed by atoms with Crippen molar-refractivity contribution in [1.29, 1.82) is 0 Å². The summed E-state index contributed by atoms with van der Waals surface area (Å²) in [6.45, 7) is 2.09. The van der Waals surface area contributed by atoms with Crippen LogP contribution < -0.4 is 0 Å². The van der Waals surface area contributed by atoms with Crippen LogP contribution in [0.2, 0.25) is 0 Å². The van der Waals surface area contributed by atoms with Gasteiger partial charge in [0, 0.05) is 5.92 Å². The second kappa shape index (κ2) is 1.83. The van der Waals surface area contributed by atoms with Crippen molar-refractivity contribution >= 4 is 0 Å². The maximum atomic E-state index is 8.87. The first kappa shape index (κ1) is 5.10. The van der Waals surface area contributed by atoms with Gasteiger partial charge in [-0.05, 0) is 19.3 Å². The molecule has 41 valence electrons. The molecule has 0 aromatic rings. The predicted octanol–water partition coefficient (Wildman–Crippen LogP) is 1.13. The average Bonchev–Trinajstić information content (AvgIpc) is 1.65. The van der Waals surface area contributed by atoms with Crippen molar-refractivity contribution in [1.82, 2.24) is 0 Å². The molecule has 1 rings (SSSR count). The van der Waals surface area contributed by atoms with E-state index in [0.717, 1.165) is 19.3 Å². The van der Waals surface area contributed by atoms with E-state index < -0.39 is 0 Å². The first-order chi connectivity index (χ1) is 3.34. The maximum absolute atomic E-state index is 8.87. The third-order valence-corrected chi connectivity index (χ3v) is 1.66. The molecule has 0 heterocycles. The molecule has 1 aliphatic rings. The Balaban J connectivity index is 2.16. The van der Waals surface area contributed by atoms with Gasteiger partial charge in [-0.2, -0.15) is 0 Å². The standard InChI is InChI=1S/C6H11O/c1-2-5-3-4-6(5)7/h6-7H,2-4H2,1H3. The Labute approximate surface area is 44.4 Å². The third-order valence-electron chi connectivity index (χ3n) is 1.66. The van der Waals surface area contributed by atoms with Crippen molar-refractivity contribution in [3.8, 4) is 0 Å². The predicted molar refractivity (Wildman–Crippen MR) is 28.8 cm³/mol. The van der Waals surface area contributed by atoms with Crippen molar-refractivity contribution in [3.05, 3.63) is 5.92 Å². The fourth-order valence-electron chi connectivity index (χ4n) is 0.890. The van der Waals surface area contributed by atoms with E-state index in [4.69, 9.17) is 5.11 Å². The first-order valence-electron chi connectivity index (χ1n) is 2.87. The van der Waals surface area contributed by atoms with Gasteiger partial charge in [-0.1, -0.05) is 6.92 Å². The van der Waals surface area contributed by atoms with E-state index in [2.05, 4.69) is 6.92 Å². The van der Waals surface area contributed by atoms with E-state index in [-0.39, 0.29) is 6.10 Å². The molecule has 1 nitrogen and oxygen atoms in total. The molecule has 1 N–H and O–H groups in total. The van der Waals surface area contributed by atoms with Crippen molar-refractivity contribution in [2.24, 2.45) is 0 Å². The zero-order chi connectivity index (χ0) is 5.28. The minimum atomic E-state index is -0.0370. The highest BCUT2D eigenvalue weighted by Crippen LogP contribution is 2.31. The van der Waals surface area contributed by atoms with Gasteiger partial charge in [-0.15, -0.1) is 0 Å². The Bertz CT molecular complexity index is 59.2. The molecule has 1 radical (unpaired) electrons. The summed E-state index contributed by atoms with van der Waals surface area (Å²) in [5.74, 6) is 1.33. The van der Waals surface area contributed by atoms with Gasteiger partial charge in [0.1, 0.15) is 0 Å². The summed E-state index contributed by atoms with van der Waals surface area (Å²) in [6, 6.07) is 0. The van der Waals surface area contributed by atoms with E-state index in [0.29, 0.717) is 0 Å². The van der Waals surface area contributed by atoms with Crippen LogP contribution in [0.3, 0.4) is 0 Å². The second-order valence-electron chi connectivity index (χ2n) is 2.07. The van der Waals surface area contributed by atoms with Crippen LogP contribution in [0.4, 0.5) is 0 Å². The van der Waals surface area contributed by atoms with E-state index in [1.807, 2.05) is 0 Å². The lowest BCUT2D eigenvalue weighted by Crippen LogP contribution is -2.27. The highest BCUT2D eigenvalue weighted by atomic mass is 16.3. The van der Waals surface area contributed by atoms with Crippen LogP contribution in [0.15, 0.2) is 0 Å². The van der Waals surface area contributed by atoms with E-state index in [1.54, 1.807) is 0 Å². The number of hydrogen-bond acceptors (Lipinski definition) is 1. The summed E-state index contributed by atoms with van der Waals surface area (Å²) in [5, 5.41) is 8.87. The van der Waals surface area contributed by atoms with Gasteiger partial charge < -0.3 is 5.11 Å². The molecule has 1 unspecified atom stereocenters. The van der Waals surface area contributed by atoms with Crippen molar-refractivity contribution < 1.29 is 5.11 Å². The fourth-order valence-corrected chi connectivity index (χ4v) is 0.890. The molecular weight excluding hydrogens is 88.1 g/mol. The number of aliphatic hydroxyl groups is 1. The molecule has 0 aromatic carbocycles. The highest BCUT2D eigenvalue weighted by Gasteiger charge is 2.26. The van der Waals surface area contributed by atoms with Gasteiger partial charge in [0.25, 0.3) is 0 Å². The third kappa shape index (κ3) is 0.778. The molecule has 1 aliphatic carbocycles. The molecule has 1 atom stereocenters. The zero-order valence-corrected chi connectivity index (χ0v) is 4.65. The number of rotatable bonds is 1. The summed E-state index contributed by atoms with van der Waals surface area (Å²) in [7, 11) is 0. The van der Waals surface area contributed by atoms with Gasteiger partial charge in [-0.3, -0.25) is 0 Å². The van der Waals surface area contributed by atoms with Crippen LogP contribution >= 0.6 is 0 Å². The minimum Gasteiger partial charge on any atom is -0.393 e. The van der Waals surface area contributed by atoms with Crippen LogP contribution in [-0.4, -0.2) is 11.2 Å². The van der Waals surface area contributed by atoms with Crippen molar-refractivity contribution in [3.63, 3.8) is 0 Å². The minimum absolute atomic E-state index is 0.0370. The Morgan fingerprint density at radius 3 is 2.57 bits per heavy atom. The molecule has 1 heteroatoms. The second-order valence-corrected chi connectivity index (χ2v) is 2.07. The van der Waals surface area contributed by atoms with Gasteiger partial charge in [0.15, 0.2) is 0 Å². The van der Waals surface area contributed by atoms with Crippen molar-refractivity contribution in [2.75, 3.05) is 0 Å². The SMILES string of the molecule is CC[C]1CCC1O. The topological polar surface area (TPSA) is 20.2 Å². The molecule has 0 aliphatic heterocycles. The van der Waals surface area contributed by atoms with Crippen LogP contribution in [-0.2, 0) is 0 Å². The fraction of sp³-hybridized carbons (Fsp3) is 0.833. The van der Waals surface area contributed by atoms with Gasteiger partial charge in [0.2, 0.25) is 0 Å². The Morgan fingerprint density at radius 1 is 1.86 bits per heavy atom. The molecule has 1 saturated carbocycles. The lowest BCUT2D eigenvalue weighted by Gasteiger charge is -2.30. The summed E-state index contributed by atoms with van der Waals surface area (Å²) in [4.78, 5) is 0. The highest BCUT2D eigenvalue weighted by molar-refractivity contribution is 5.05. The average molecular weight is 99.2 g/mol. The Kier molecular flexibility index (Phi) is 1.33. The Hall–Kier alpha value is -0.0400. The molecule has 0 saturated heterocycles. The van der Waals surface area contributed by atoms with Crippen LogP contribution in [0.1, 0.15) is 26.2 Å². The van der Waals surface area contributed by atoms with Crippen LogP contribution in [0.5, 0.6) is 0 Å². The maximum Gasteiger partial charge on any atom is 0.0602 e. The smallest absolute Gasteiger partial charge is 0.0602 e. The van der Waals surface area contributed by atoms with E-state index in [9.17, 15) is 0 Å². The molecule has 7 heavy (non-hydrogen) atoms. The van der Waals surface area contributed by atoms with Crippen molar-refractivity contribution in [2.45, 2.75) is 32.3 Å². The van der Waals surface area contributed by atoms with Crippen LogP contribution in [0, 0.1) is 5.92 Å². The molecule has 0 amide bonds. The summed E-state index contributed by atoms with van der Waals surface area (Å²) in [5.41, 5.74) is 0. The number of aliphatic hydroxyl groups excluding tert-OH is 1. The van der Waals surface area contributed by atoms with E-state index >= 15 is 0 Å². The van der Waals surface area contributed by atoms with Gasteiger partial charge in [-0.25, -0.2) is 0 Å². The lowest BCUT2D eigenvalue weighted by molar-refractivity contribution is 0.116. The quantitative estimate of drug-likeness (QED) is 0.522. The van der Waals surface area contributed by atoms with Gasteiger partial charge >= 0.3 is 0 Å². The van der Waals surface area contributed by atoms with E-state index in [1.165, 1.54) is 5.92 Å². The normalized spacial score (nSPS) is 32.6. The zero-order valence-electron chi connectivity index (χ0n) is 4.65. The largest absolute Gasteiger partial charge is 0.393 e. The van der Waals surface area contributed by atoms with Crippen LogP contribution in [0.25, 0.3) is 0 Å².